The lowest BCUT2D eigenvalue weighted by Crippen LogP contribution is -2.56. The number of likely N-dealkylation sites (N-methyl/N-ethyl adjacent to an activating group) is 1. The molecule has 4 amide bonds. The van der Waals surface area contributed by atoms with Gasteiger partial charge in [0, 0.05) is 74.3 Å². The van der Waals surface area contributed by atoms with Crippen LogP contribution < -0.4 is 10.7 Å². The minimum atomic E-state index is -0.892. The van der Waals surface area contributed by atoms with Crippen molar-refractivity contribution in [2.75, 3.05) is 47.4 Å². The number of hydrogen-bond donors (Lipinski definition) is 3. The van der Waals surface area contributed by atoms with Crippen molar-refractivity contribution in [2.24, 2.45) is 17.3 Å². The van der Waals surface area contributed by atoms with E-state index in [4.69, 9.17) is 4.74 Å². The first-order chi connectivity index (χ1) is 31.9. The van der Waals surface area contributed by atoms with E-state index in [1.54, 1.807) is 24.1 Å². The molecular weight excluding hydrogens is 847 g/mol. The number of nitrogens with one attached hydrogen (secondary N) is 2. The number of aromatic nitrogens is 1. The Morgan fingerprint density at radius 1 is 1.00 bits per heavy atom. The highest BCUT2D eigenvalue weighted by Gasteiger charge is 2.38. The third-order valence-electron chi connectivity index (χ3n) is 13.2. The molecule has 3 N–H and O–H groups in total. The number of carbonyl (C=O) groups excluding carboxylic acids is 5. The number of nitrogens with zero attached hydrogens (tertiary/aromatic N) is 5. The Balaban J connectivity index is 1.29. The van der Waals surface area contributed by atoms with Crippen molar-refractivity contribution in [1.82, 2.24) is 35.0 Å². The fourth-order valence-corrected chi connectivity index (χ4v) is 10.0. The number of phenolic OH excluding ortho intramolecular Hbond substituents is 1. The Labute approximate surface area is 394 Å². The third-order valence-corrected chi connectivity index (χ3v) is 13.2. The van der Waals surface area contributed by atoms with Crippen LogP contribution in [0, 0.1) is 17.3 Å². The van der Waals surface area contributed by atoms with E-state index in [0.717, 1.165) is 51.9 Å². The number of carbonyl (C=O) groups is 5. The molecule has 14 nitrogen and oxygen atoms in total. The second-order valence-electron chi connectivity index (χ2n) is 19.8. The van der Waals surface area contributed by atoms with Gasteiger partial charge >= 0.3 is 5.97 Å². The molecule has 0 radical (unpaired) electrons. The SMILES string of the molecule is C=CC(=O)N1CC[C@H](C(=O)N(C)[C@@H](C(=O)N/C=C2\Cc3cc(O)cc(c3)-c3ccc4c(c3)c(c(-c3cccc(CN(C)C)c3)n4CC)CC(C)(C)COC(=O)[C@@H]3CCCN(N3)C2=O)C(C)C)C1. The highest BCUT2D eigenvalue weighted by molar-refractivity contribution is 5.97. The van der Waals surface area contributed by atoms with Crippen LogP contribution >= 0.6 is 0 Å². The normalized spacial score (nSPS) is 19.9. The highest BCUT2D eigenvalue weighted by atomic mass is 16.5. The average Bonchev–Trinajstić information content (AvgIpc) is 3.91. The second-order valence-corrected chi connectivity index (χ2v) is 19.8. The van der Waals surface area contributed by atoms with Gasteiger partial charge in [0.15, 0.2) is 0 Å². The molecule has 356 valence electrons. The summed E-state index contributed by atoms with van der Waals surface area (Å²) in [5.41, 5.74) is 10.7. The third kappa shape index (κ3) is 10.8. The molecule has 2 saturated heterocycles. The van der Waals surface area contributed by atoms with Gasteiger partial charge in [-0.15, -0.1) is 0 Å². The maximum absolute atomic E-state index is 14.6. The fourth-order valence-electron chi connectivity index (χ4n) is 10.0. The quantitative estimate of drug-likeness (QED) is 0.120. The van der Waals surface area contributed by atoms with Gasteiger partial charge in [-0.05, 0) is 122 Å². The number of amides is 4. The van der Waals surface area contributed by atoms with E-state index < -0.39 is 41.2 Å². The predicted molar refractivity (Wildman–Crippen MR) is 260 cm³/mol. The molecule has 14 heteroatoms. The van der Waals surface area contributed by atoms with Gasteiger partial charge in [0.1, 0.15) is 17.8 Å². The zero-order valence-electron chi connectivity index (χ0n) is 40.4. The summed E-state index contributed by atoms with van der Waals surface area (Å²) in [4.78, 5) is 73.8. The van der Waals surface area contributed by atoms with Crippen LogP contribution in [0.1, 0.15) is 70.6 Å². The van der Waals surface area contributed by atoms with E-state index in [0.29, 0.717) is 44.3 Å². The van der Waals surface area contributed by atoms with Crippen molar-refractivity contribution in [1.29, 1.82) is 0 Å². The number of ether oxygens (including phenoxy) is 1. The van der Waals surface area contributed by atoms with E-state index in [-0.39, 0.29) is 48.6 Å². The number of phenols is 1. The van der Waals surface area contributed by atoms with Crippen LogP contribution in [-0.4, -0.2) is 118 Å². The largest absolute Gasteiger partial charge is 0.508 e. The molecule has 3 aliphatic heterocycles. The van der Waals surface area contributed by atoms with E-state index in [1.165, 1.54) is 27.7 Å². The van der Waals surface area contributed by atoms with Crippen molar-refractivity contribution in [3.8, 4) is 28.1 Å². The van der Waals surface area contributed by atoms with Gasteiger partial charge in [0.2, 0.25) is 17.7 Å². The van der Waals surface area contributed by atoms with Crippen molar-refractivity contribution < 1.29 is 33.8 Å². The van der Waals surface area contributed by atoms with Crippen LogP contribution in [0.25, 0.3) is 33.3 Å². The zero-order chi connectivity index (χ0) is 48.3. The summed E-state index contributed by atoms with van der Waals surface area (Å²) >= 11 is 0. The summed E-state index contributed by atoms with van der Waals surface area (Å²) in [5, 5.41) is 16.6. The van der Waals surface area contributed by atoms with Crippen LogP contribution in [0.5, 0.6) is 5.75 Å². The van der Waals surface area contributed by atoms with Gasteiger partial charge < -0.3 is 34.4 Å². The minimum Gasteiger partial charge on any atom is -0.508 e. The average molecular weight is 914 g/mol. The molecule has 3 atom stereocenters. The van der Waals surface area contributed by atoms with Gasteiger partial charge in [-0.3, -0.25) is 29.0 Å². The van der Waals surface area contributed by atoms with E-state index >= 15 is 0 Å². The molecule has 0 spiro atoms. The number of hydrogen-bond acceptors (Lipinski definition) is 9. The second kappa shape index (κ2) is 20.3. The topological polar surface area (TPSA) is 157 Å². The monoisotopic (exact) mass is 914 g/mol. The summed E-state index contributed by atoms with van der Waals surface area (Å²) in [6.07, 6.45) is 4.71. The lowest BCUT2D eigenvalue weighted by Gasteiger charge is -2.34. The maximum Gasteiger partial charge on any atom is 0.324 e. The van der Waals surface area contributed by atoms with Crippen molar-refractivity contribution in [2.45, 2.75) is 91.9 Å². The minimum absolute atomic E-state index is 0.0166. The van der Waals surface area contributed by atoms with E-state index in [9.17, 15) is 29.1 Å². The van der Waals surface area contributed by atoms with Gasteiger partial charge in [-0.25, -0.2) is 5.43 Å². The molecule has 3 aliphatic rings. The molecule has 0 unspecified atom stereocenters. The Hall–Kier alpha value is -6.25. The fraction of sp³-hybridized carbons (Fsp3) is 0.453. The lowest BCUT2D eigenvalue weighted by molar-refractivity contribution is -0.154. The summed E-state index contributed by atoms with van der Waals surface area (Å²) in [6, 6.07) is 18.6. The van der Waals surface area contributed by atoms with Gasteiger partial charge in [-0.2, -0.15) is 0 Å². The Bertz CT molecular complexity index is 2590. The maximum atomic E-state index is 14.6. The molecule has 0 aliphatic carbocycles. The van der Waals surface area contributed by atoms with Gasteiger partial charge in [-0.1, -0.05) is 64.6 Å². The van der Waals surface area contributed by atoms with Crippen molar-refractivity contribution in [3.05, 3.63) is 102 Å². The Kier molecular flexibility index (Phi) is 14.8. The molecule has 6 bridgehead atoms. The van der Waals surface area contributed by atoms with Crippen LogP contribution in [0.4, 0.5) is 0 Å². The number of likely N-dealkylation sites (tertiary alicyclic amines) is 1. The van der Waals surface area contributed by atoms with Crippen molar-refractivity contribution in [3.63, 3.8) is 0 Å². The summed E-state index contributed by atoms with van der Waals surface area (Å²) in [5.74, 6) is -2.63. The van der Waals surface area contributed by atoms with E-state index in [1.807, 2.05) is 19.9 Å². The molecule has 4 aromatic rings. The standard InChI is InChI=1S/C53H67N7O7/c1-10-46(62)58-21-19-38(31-58)50(64)57(9)47(33(3)4)49(63)54-29-40-24-35-23-39(26-41(61)25-35)36-17-18-45-42(27-36)43(48(59(45)11-2)37-15-12-14-34(22-37)30-56(7)8)28-53(5,6)32-67-52(66)44-16-13-20-60(55-44)51(40)65/h10,12,14-15,17-18,22-23,25-27,29,33,38,44,47,55,61H,1,11,13,16,19-21,24,28,30-32H2,2-9H3,(H,54,63)/b40-29+/t38-,44-,47+/m0/s1. The molecule has 3 aromatic carbocycles. The molecule has 4 heterocycles. The lowest BCUT2D eigenvalue weighted by atomic mass is 9.84. The number of aryl methyl sites for hydroxylation is 1. The van der Waals surface area contributed by atoms with Crippen LogP contribution in [0.15, 0.2) is 85.1 Å². The number of fused-ring (bicyclic) bond motifs is 6. The molecule has 0 saturated carbocycles. The number of esters is 1. The predicted octanol–water partition coefficient (Wildman–Crippen LogP) is 6.44. The van der Waals surface area contributed by atoms with Gasteiger partial charge in [0.25, 0.3) is 5.91 Å². The Morgan fingerprint density at radius 3 is 2.49 bits per heavy atom. The summed E-state index contributed by atoms with van der Waals surface area (Å²) in [7, 11) is 5.71. The first kappa shape index (κ1) is 48.7. The number of benzene rings is 3. The summed E-state index contributed by atoms with van der Waals surface area (Å²) in [6.45, 7) is 16.2. The van der Waals surface area contributed by atoms with Gasteiger partial charge in [0.05, 0.1) is 18.2 Å². The first-order valence-electron chi connectivity index (χ1n) is 23.5. The smallest absolute Gasteiger partial charge is 0.324 e. The molecular formula is C53H67N7O7. The number of cyclic esters (lactones) is 1. The summed E-state index contributed by atoms with van der Waals surface area (Å²) < 4.78 is 8.46. The number of aromatic hydroxyl groups is 1. The zero-order valence-corrected chi connectivity index (χ0v) is 40.4. The Morgan fingerprint density at radius 2 is 1.78 bits per heavy atom. The highest BCUT2D eigenvalue weighted by Crippen LogP contribution is 2.41. The molecule has 67 heavy (non-hydrogen) atoms. The number of hydrazine groups is 1. The van der Waals surface area contributed by atoms with E-state index in [2.05, 4.69) is 104 Å². The molecule has 1 aromatic heterocycles. The van der Waals surface area contributed by atoms with Crippen LogP contribution in [-0.2, 0) is 54.6 Å². The van der Waals surface area contributed by atoms with Crippen molar-refractivity contribution >= 4 is 40.5 Å². The molecule has 7 rings (SSSR count). The number of rotatable bonds is 10. The van der Waals surface area contributed by atoms with Crippen LogP contribution in [0.2, 0.25) is 0 Å². The van der Waals surface area contributed by atoms with Crippen LogP contribution in [0.3, 0.4) is 0 Å². The first-order valence-corrected chi connectivity index (χ1v) is 23.5. The molecule has 2 fully saturated rings.